The summed E-state index contributed by atoms with van der Waals surface area (Å²) in [5.41, 5.74) is 3.22. The molecule has 0 saturated carbocycles. The number of nitrogens with zero attached hydrogens (tertiary/aromatic N) is 6. The third-order valence-corrected chi connectivity index (χ3v) is 7.89. The van der Waals surface area contributed by atoms with Gasteiger partial charge >= 0.3 is 0 Å². The molecule has 1 aliphatic carbocycles. The molecule has 5 rings (SSSR count). The van der Waals surface area contributed by atoms with E-state index in [-0.39, 0.29) is 30.2 Å². The highest BCUT2D eigenvalue weighted by atomic mass is 32.1. The van der Waals surface area contributed by atoms with Crippen LogP contribution in [0.3, 0.4) is 0 Å². The predicted molar refractivity (Wildman–Crippen MR) is 131 cm³/mol. The van der Waals surface area contributed by atoms with Crippen LogP contribution < -0.4 is 5.32 Å². The minimum absolute atomic E-state index is 0.0142. The maximum atomic E-state index is 13.1. The Labute approximate surface area is 207 Å². The molecule has 186 valence electrons. The minimum Gasteiger partial charge on any atom is -0.351 e. The average Bonchev–Trinajstić information content (AvgIpc) is 3.52. The fraction of sp³-hybridized carbons (Fsp3) is 0.542. The van der Waals surface area contributed by atoms with Crippen LogP contribution in [0.25, 0.3) is 4.96 Å². The second-order valence-corrected chi connectivity index (χ2v) is 10.3. The second kappa shape index (κ2) is 9.80. The largest absolute Gasteiger partial charge is 0.351 e. The van der Waals surface area contributed by atoms with E-state index in [2.05, 4.69) is 15.4 Å². The van der Waals surface area contributed by atoms with Crippen molar-refractivity contribution in [2.24, 2.45) is 7.05 Å². The standard InChI is InChI=1S/C24H31N7O3S/c1-28-17-6-7-19-18(14-17)22(27-29(19)2)23(34)25-8-4-10-30(9-3-5-20(28)32)21(33)13-16-15-31-11-12-35-24(31)26-16/h11-12,15,17H,3-10,13-14H2,1-2H3,(H,25,34). The number of hydrogen-bond acceptors (Lipinski definition) is 6. The zero-order valence-corrected chi connectivity index (χ0v) is 21.0. The van der Waals surface area contributed by atoms with Crippen molar-refractivity contribution < 1.29 is 14.4 Å². The van der Waals surface area contributed by atoms with E-state index in [9.17, 15) is 14.4 Å². The zero-order valence-electron chi connectivity index (χ0n) is 20.2. The molecule has 3 amide bonds. The van der Waals surface area contributed by atoms with Crippen LogP contribution in [0.2, 0.25) is 0 Å². The lowest BCUT2D eigenvalue weighted by molar-refractivity contribution is -0.134. The molecule has 1 atom stereocenters. The number of carbonyl (C=O) groups is 3. The van der Waals surface area contributed by atoms with Crippen molar-refractivity contribution in [2.45, 2.75) is 51.0 Å². The summed E-state index contributed by atoms with van der Waals surface area (Å²) in [7, 11) is 3.72. The Morgan fingerprint density at radius 3 is 2.86 bits per heavy atom. The first-order valence-electron chi connectivity index (χ1n) is 12.2. The van der Waals surface area contributed by atoms with E-state index in [4.69, 9.17) is 0 Å². The Balaban J connectivity index is 1.31. The lowest BCUT2D eigenvalue weighted by Gasteiger charge is -2.32. The normalized spacial score (nSPS) is 20.0. The first-order valence-corrected chi connectivity index (χ1v) is 13.1. The molecule has 0 aromatic carbocycles. The number of hydrogen-bond donors (Lipinski definition) is 1. The maximum absolute atomic E-state index is 13.1. The Hall–Kier alpha value is -3.21. The van der Waals surface area contributed by atoms with Crippen molar-refractivity contribution in [2.75, 3.05) is 26.7 Å². The molecule has 10 nitrogen and oxygen atoms in total. The SMILES string of the molecule is CN1C(=O)CCCN(C(=O)Cc2cn3ccsc3n2)CCCNC(=O)c2nn(C)c3c2CC1CC3. The van der Waals surface area contributed by atoms with Gasteiger partial charge in [0.25, 0.3) is 5.91 Å². The highest BCUT2D eigenvalue weighted by Crippen LogP contribution is 2.27. The van der Waals surface area contributed by atoms with Gasteiger partial charge in [0.15, 0.2) is 10.7 Å². The summed E-state index contributed by atoms with van der Waals surface area (Å²) in [6, 6.07) is 0.0448. The van der Waals surface area contributed by atoms with Gasteiger partial charge in [-0.25, -0.2) is 4.98 Å². The second-order valence-electron chi connectivity index (χ2n) is 9.39. The van der Waals surface area contributed by atoms with Crippen LogP contribution in [0.4, 0.5) is 0 Å². The van der Waals surface area contributed by atoms with Crippen molar-refractivity contribution in [3.8, 4) is 0 Å². The molecule has 0 saturated heterocycles. The predicted octanol–water partition coefficient (Wildman–Crippen LogP) is 1.43. The molecule has 0 fully saturated rings. The molecule has 0 spiro atoms. The summed E-state index contributed by atoms with van der Waals surface area (Å²) < 4.78 is 3.72. The monoisotopic (exact) mass is 497 g/mol. The lowest BCUT2D eigenvalue weighted by Crippen LogP contribution is -2.41. The average molecular weight is 498 g/mol. The number of thiazole rings is 1. The van der Waals surface area contributed by atoms with E-state index in [0.717, 1.165) is 34.8 Å². The molecule has 2 aliphatic rings. The van der Waals surface area contributed by atoms with E-state index in [1.807, 2.05) is 41.2 Å². The Morgan fingerprint density at radius 2 is 2.03 bits per heavy atom. The van der Waals surface area contributed by atoms with Crippen molar-refractivity contribution >= 4 is 34.0 Å². The minimum atomic E-state index is -0.192. The molecule has 35 heavy (non-hydrogen) atoms. The number of likely N-dealkylation sites (N-methyl/N-ethyl adjacent to an activating group) is 1. The third kappa shape index (κ3) is 4.82. The van der Waals surface area contributed by atoms with Gasteiger partial charge < -0.3 is 15.1 Å². The van der Waals surface area contributed by atoms with Gasteiger partial charge in [0.05, 0.1) is 12.1 Å². The summed E-state index contributed by atoms with van der Waals surface area (Å²) in [5, 5.41) is 9.44. The molecule has 2 bridgehead atoms. The number of carbonyl (C=O) groups excluding carboxylic acids is 3. The van der Waals surface area contributed by atoms with Crippen LogP contribution in [-0.4, -0.2) is 79.4 Å². The summed E-state index contributed by atoms with van der Waals surface area (Å²) in [5.74, 6) is -0.132. The van der Waals surface area contributed by atoms with Gasteiger partial charge in [0, 0.05) is 75.2 Å². The number of nitrogens with one attached hydrogen (secondary N) is 1. The number of amides is 3. The van der Waals surface area contributed by atoms with E-state index in [0.29, 0.717) is 51.0 Å². The topological polar surface area (TPSA) is 105 Å². The quantitative estimate of drug-likeness (QED) is 0.577. The van der Waals surface area contributed by atoms with Gasteiger partial charge in [-0.2, -0.15) is 5.10 Å². The molecule has 1 aliphatic heterocycles. The van der Waals surface area contributed by atoms with Crippen molar-refractivity contribution in [1.29, 1.82) is 0 Å². The van der Waals surface area contributed by atoms with Crippen LogP contribution in [-0.2, 0) is 35.9 Å². The van der Waals surface area contributed by atoms with Crippen LogP contribution >= 0.6 is 11.3 Å². The molecule has 1 unspecified atom stereocenters. The van der Waals surface area contributed by atoms with Gasteiger partial charge in [-0.05, 0) is 32.1 Å². The van der Waals surface area contributed by atoms with Gasteiger partial charge in [-0.3, -0.25) is 23.5 Å². The highest BCUT2D eigenvalue weighted by Gasteiger charge is 2.31. The molecular weight excluding hydrogens is 466 g/mol. The van der Waals surface area contributed by atoms with E-state index < -0.39 is 0 Å². The van der Waals surface area contributed by atoms with Crippen LogP contribution in [0.5, 0.6) is 0 Å². The van der Waals surface area contributed by atoms with E-state index in [1.54, 1.807) is 9.58 Å². The first kappa shape index (κ1) is 23.5. The molecule has 3 aromatic heterocycles. The smallest absolute Gasteiger partial charge is 0.272 e. The van der Waals surface area contributed by atoms with Crippen LogP contribution in [0.15, 0.2) is 17.8 Å². The summed E-state index contributed by atoms with van der Waals surface area (Å²) in [6.07, 6.45) is 7.94. The van der Waals surface area contributed by atoms with Gasteiger partial charge in [0.1, 0.15) is 0 Å². The van der Waals surface area contributed by atoms with Crippen LogP contribution in [0.1, 0.15) is 53.1 Å². The molecule has 4 heterocycles. The Kier molecular flexibility index (Phi) is 6.59. The number of rotatable bonds is 2. The Bertz CT molecular complexity index is 1230. The molecule has 0 radical (unpaired) electrons. The fourth-order valence-electron chi connectivity index (χ4n) is 5.13. The van der Waals surface area contributed by atoms with Crippen LogP contribution in [0, 0.1) is 0 Å². The number of aromatic nitrogens is 4. The fourth-order valence-corrected chi connectivity index (χ4v) is 5.85. The Morgan fingerprint density at radius 1 is 1.20 bits per heavy atom. The number of imidazole rings is 1. The third-order valence-electron chi connectivity index (χ3n) is 7.12. The van der Waals surface area contributed by atoms with Crippen molar-refractivity contribution in [3.63, 3.8) is 0 Å². The maximum Gasteiger partial charge on any atom is 0.272 e. The zero-order chi connectivity index (χ0) is 24.5. The molecule has 3 aromatic rings. The van der Waals surface area contributed by atoms with E-state index >= 15 is 0 Å². The molecular formula is C24H31N7O3S. The van der Waals surface area contributed by atoms with Crippen molar-refractivity contribution in [1.82, 2.24) is 34.3 Å². The lowest BCUT2D eigenvalue weighted by atomic mass is 9.90. The van der Waals surface area contributed by atoms with Gasteiger partial charge in [0.2, 0.25) is 11.8 Å². The molecule has 11 heteroatoms. The molecule has 1 N–H and O–H groups in total. The number of fused-ring (bicyclic) bond motifs is 2. The van der Waals surface area contributed by atoms with E-state index in [1.165, 1.54) is 11.3 Å². The van der Waals surface area contributed by atoms with Gasteiger partial charge in [-0.15, -0.1) is 11.3 Å². The first-order chi connectivity index (χ1) is 16.9. The summed E-state index contributed by atoms with van der Waals surface area (Å²) in [4.78, 5) is 48.1. The van der Waals surface area contributed by atoms with Crippen molar-refractivity contribution in [3.05, 3.63) is 40.4 Å². The highest BCUT2D eigenvalue weighted by molar-refractivity contribution is 7.15. The number of aryl methyl sites for hydroxylation is 1. The summed E-state index contributed by atoms with van der Waals surface area (Å²) >= 11 is 1.53. The summed E-state index contributed by atoms with van der Waals surface area (Å²) in [6.45, 7) is 1.47. The van der Waals surface area contributed by atoms with Gasteiger partial charge in [-0.1, -0.05) is 0 Å².